The minimum atomic E-state index is 0.513. The van der Waals surface area contributed by atoms with Gasteiger partial charge in [0.1, 0.15) is 17.5 Å². The molecule has 0 spiro atoms. The summed E-state index contributed by atoms with van der Waals surface area (Å²) >= 11 is 0. The van der Waals surface area contributed by atoms with E-state index in [2.05, 4.69) is 28.7 Å². The Kier molecular flexibility index (Phi) is 5.15. The molecule has 1 rings (SSSR count). The number of aryl methyl sites for hydroxylation is 1. The van der Waals surface area contributed by atoms with Crippen molar-refractivity contribution in [3.05, 3.63) is 11.9 Å². The number of anilines is 2. The number of ether oxygens (including phenoxy) is 1. The van der Waals surface area contributed by atoms with Crippen LogP contribution in [0.15, 0.2) is 6.07 Å². The molecule has 5 nitrogen and oxygen atoms in total. The molecule has 0 amide bonds. The molecule has 0 atom stereocenters. The highest BCUT2D eigenvalue weighted by Crippen LogP contribution is 2.15. The number of aromatic nitrogens is 2. The molecular weight excluding hydrogens is 216 g/mol. The molecule has 0 aliphatic rings. The highest BCUT2D eigenvalue weighted by molar-refractivity contribution is 5.46. The average molecular weight is 238 g/mol. The summed E-state index contributed by atoms with van der Waals surface area (Å²) in [5, 5.41) is 0. The third-order valence-electron chi connectivity index (χ3n) is 2.32. The molecule has 17 heavy (non-hydrogen) atoms. The van der Waals surface area contributed by atoms with Crippen LogP contribution in [0.5, 0.6) is 0 Å². The van der Waals surface area contributed by atoms with Crippen LogP contribution in [0.4, 0.5) is 11.6 Å². The first-order valence-corrected chi connectivity index (χ1v) is 5.88. The molecule has 0 unspecified atom stereocenters. The Labute approximate surface area is 103 Å². The Morgan fingerprint density at radius 3 is 2.65 bits per heavy atom. The second-order valence-electron chi connectivity index (χ2n) is 4.53. The van der Waals surface area contributed by atoms with E-state index in [0.717, 1.165) is 18.9 Å². The van der Waals surface area contributed by atoms with E-state index in [1.54, 1.807) is 7.11 Å². The lowest BCUT2D eigenvalue weighted by Crippen LogP contribution is -2.32. The van der Waals surface area contributed by atoms with Gasteiger partial charge in [-0.25, -0.2) is 9.97 Å². The molecule has 1 aromatic heterocycles. The van der Waals surface area contributed by atoms with Crippen LogP contribution < -0.4 is 10.6 Å². The van der Waals surface area contributed by atoms with E-state index in [4.69, 9.17) is 10.5 Å². The second-order valence-corrected chi connectivity index (χ2v) is 4.53. The lowest BCUT2D eigenvalue weighted by atomic mass is 10.2. The number of rotatable bonds is 6. The molecule has 0 aliphatic carbocycles. The van der Waals surface area contributed by atoms with Crippen molar-refractivity contribution >= 4 is 11.6 Å². The zero-order valence-electron chi connectivity index (χ0n) is 11.1. The Morgan fingerprint density at radius 1 is 1.41 bits per heavy atom. The van der Waals surface area contributed by atoms with E-state index in [-0.39, 0.29) is 0 Å². The minimum Gasteiger partial charge on any atom is -0.384 e. The van der Waals surface area contributed by atoms with Gasteiger partial charge in [0.2, 0.25) is 0 Å². The van der Waals surface area contributed by atoms with Crippen molar-refractivity contribution in [2.75, 3.05) is 37.4 Å². The predicted molar refractivity (Wildman–Crippen MR) is 70.1 cm³/mol. The maximum Gasteiger partial charge on any atom is 0.134 e. The fourth-order valence-corrected chi connectivity index (χ4v) is 1.68. The third-order valence-corrected chi connectivity index (χ3v) is 2.32. The molecule has 5 heteroatoms. The standard InChI is InChI=1S/C12H22N4O/c1-9(2)8-16(5-6-17-4)12-7-11(13)14-10(3)15-12/h7,9H,5-6,8H2,1-4H3,(H2,13,14,15). The minimum absolute atomic E-state index is 0.513. The topological polar surface area (TPSA) is 64.3 Å². The highest BCUT2D eigenvalue weighted by atomic mass is 16.5. The SMILES string of the molecule is COCCN(CC(C)C)c1cc(N)nc(C)n1. The van der Waals surface area contributed by atoms with Crippen molar-refractivity contribution in [2.45, 2.75) is 20.8 Å². The fraction of sp³-hybridized carbons (Fsp3) is 0.667. The maximum absolute atomic E-state index is 5.75. The third kappa shape index (κ3) is 4.56. The van der Waals surface area contributed by atoms with E-state index in [1.807, 2.05) is 13.0 Å². The predicted octanol–water partition coefficient (Wildman–Crippen LogP) is 1.48. The van der Waals surface area contributed by atoms with Gasteiger partial charge in [0.05, 0.1) is 6.61 Å². The van der Waals surface area contributed by atoms with Gasteiger partial charge in [0, 0.05) is 26.3 Å². The number of hydrogen-bond donors (Lipinski definition) is 1. The summed E-state index contributed by atoms with van der Waals surface area (Å²) in [6, 6.07) is 1.81. The van der Waals surface area contributed by atoms with Crippen LogP contribution >= 0.6 is 0 Å². The van der Waals surface area contributed by atoms with Crippen molar-refractivity contribution in [1.82, 2.24) is 9.97 Å². The number of methoxy groups -OCH3 is 1. The lowest BCUT2D eigenvalue weighted by Gasteiger charge is -2.25. The van der Waals surface area contributed by atoms with Gasteiger partial charge in [0.25, 0.3) is 0 Å². The number of nitrogen functional groups attached to an aromatic ring is 1. The molecule has 0 fully saturated rings. The monoisotopic (exact) mass is 238 g/mol. The Morgan fingerprint density at radius 2 is 2.12 bits per heavy atom. The van der Waals surface area contributed by atoms with Gasteiger partial charge in [0.15, 0.2) is 0 Å². The Hall–Kier alpha value is -1.36. The Balaban J connectivity index is 2.86. The normalized spacial score (nSPS) is 10.9. The first-order chi connectivity index (χ1) is 8.02. The Bertz CT molecular complexity index is 334. The smallest absolute Gasteiger partial charge is 0.134 e. The summed E-state index contributed by atoms with van der Waals surface area (Å²) in [7, 11) is 1.70. The summed E-state index contributed by atoms with van der Waals surface area (Å²) in [4.78, 5) is 10.7. The van der Waals surface area contributed by atoms with Crippen molar-refractivity contribution in [3.63, 3.8) is 0 Å². The lowest BCUT2D eigenvalue weighted by molar-refractivity contribution is 0.204. The first kappa shape index (κ1) is 13.7. The van der Waals surface area contributed by atoms with Crippen LogP contribution in [-0.4, -0.2) is 36.8 Å². The molecule has 0 saturated heterocycles. The molecule has 0 radical (unpaired) electrons. The number of nitrogens with zero attached hydrogens (tertiary/aromatic N) is 3. The van der Waals surface area contributed by atoms with Gasteiger partial charge in [-0.3, -0.25) is 0 Å². The van der Waals surface area contributed by atoms with Crippen LogP contribution in [0.25, 0.3) is 0 Å². The zero-order chi connectivity index (χ0) is 12.8. The van der Waals surface area contributed by atoms with Crippen LogP contribution in [-0.2, 0) is 4.74 Å². The van der Waals surface area contributed by atoms with E-state index in [0.29, 0.717) is 24.2 Å². The second kappa shape index (κ2) is 6.39. The van der Waals surface area contributed by atoms with Crippen molar-refractivity contribution in [2.24, 2.45) is 5.92 Å². The molecule has 96 valence electrons. The average Bonchev–Trinajstić information content (AvgIpc) is 2.22. The van der Waals surface area contributed by atoms with Gasteiger partial charge < -0.3 is 15.4 Å². The highest BCUT2D eigenvalue weighted by Gasteiger charge is 2.11. The molecule has 2 N–H and O–H groups in total. The van der Waals surface area contributed by atoms with Gasteiger partial charge in [-0.2, -0.15) is 0 Å². The molecule has 0 saturated carbocycles. The first-order valence-electron chi connectivity index (χ1n) is 5.88. The van der Waals surface area contributed by atoms with Crippen molar-refractivity contribution in [1.29, 1.82) is 0 Å². The van der Waals surface area contributed by atoms with Crippen molar-refractivity contribution in [3.8, 4) is 0 Å². The largest absolute Gasteiger partial charge is 0.384 e. The summed E-state index contributed by atoms with van der Waals surface area (Å²) in [6.07, 6.45) is 0. The van der Waals surface area contributed by atoms with Gasteiger partial charge >= 0.3 is 0 Å². The summed E-state index contributed by atoms with van der Waals surface area (Å²) in [5.41, 5.74) is 5.75. The van der Waals surface area contributed by atoms with Crippen LogP contribution in [0.3, 0.4) is 0 Å². The van der Waals surface area contributed by atoms with Gasteiger partial charge in [-0.1, -0.05) is 13.8 Å². The molecule has 1 aromatic rings. The van der Waals surface area contributed by atoms with Crippen LogP contribution in [0.2, 0.25) is 0 Å². The summed E-state index contributed by atoms with van der Waals surface area (Å²) in [6.45, 7) is 8.62. The molecule has 0 aliphatic heterocycles. The molecule has 0 bridgehead atoms. The zero-order valence-corrected chi connectivity index (χ0v) is 11.1. The maximum atomic E-state index is 5.75. The quantitative estimate of drug-likeness (QED) is 0.813. The van der Waals surface area contributed by atoms with E-state index >= 15 is 0 Å². The molecule has 1 heterocycles. The van der Waals surface area contributed by atoms with Crippen molar-refractivity contribution < 1.29 is 4.74 Å². The molecular formula is C12H22N4O. The van der Waals surface area contributed by atoms with E-state index in [1.165, 1.54) is 0 Å². The van der Waals surface area contributed by atoms with Gasteiger partial charge in [-0.05, 0) is 12.8 Å². The number of nitrogens with two attached hydrogens (primary N) is 1. The van der Waals surface area contributed by atoms with Crippen LogP contribution in [0, 0.1) is 12.8 Å². The fourth-order valence-electron chi connectivity index (χ4n) is 1.68. The van der Waals surface area contributed by atoms with E-state index < -0.39 is 0 Å². The summed E-state index contributed by atoms with van der Waals surface area (Å²) < 4.78 is 5.12. The summed E-state index contributed by atoms with van der Waals surface area (Å²) in [5.74, 6) is 2.65. The van der Waals surface area contributed by atoms with E-state index in [9.17, 15) is 0 Å². The van der Waals surface area contributed by atoms with Gasteiger partial charge in [-0.15, -0.1) is 0 Å². The molecule has 0 aromatic carbocycles. The number of hydrogen-bond acceptors (Lipinski definition) is 5. The van der Waals surface area contributed by atoms with Crippen LogP contribution in [0.1, 0.15) is 19.7 Å².